The summed E-state index contributed by atoms with van der Waals surface area (Å²) >= 11 is 0. The second-order valence-electron chi connectivity index (χ2n) is 5.04. The molecule has 1 atom stereocenters. The summed E-state index contributed by atoms with van der Waals surface area (Å²) in [6.45, 7) is 9.97. The van der Waals surface area contributed by atoms with E-state index >= 15 is 0 Å². The van der Waals surface area contributed by atoms with Gasteiger partial charge in [0.25, 0.3) is 0 Å². The molecule has 0 saturated carbocycles. The Labute approximate surface area is 140 Å². The lowest BCUT2D eigenvalue weighted by molar-refractivity contribution is 0.0541. The van der Waals surface area contributed by atoms with E-state index in [2.05, 4.69) is 0 Å². The van der Waals surface area contributed by atoms with Crippen molar-refractivity contribution < 1.29 is 26.9 Å². The van der Waals surface area contributed by atoms with Crippen LogP contribution < -0.4 is 9.16 Å². The van der Waals surface area contributed by atoms with Crippen LogP contribution in [0.2, 0.25) is 6.55 Å². The van der Waals surface area contributed by atoms with Gasteiger partial charge in [0.05, 0.1) is 6.61 Å². The second kappa shape index (κ2) is 8.81. The Bertz CT molecular complexity index is 482. The van der Waals surface area contributed by atoms with Crippen LogP contribution in [0.3, 0.4) is 0 Å². The molecule has 0 amide bonds. The summed E-state index contributed by atoms with van der Waals surface area (Å²) < 4.78 is 34.6. The molecule has 0 radical (unpaired) electrons. The number of ether oxygens (including phenoxy) is 1. The molecule has 0 bridgehead atoms. The molecule has 0 saturated heterocycles. The Kier molecular flexibility index (Phi) is 7.06. The molecule has 23 heavy (non-hydrogen) atoms. The molecule has 0 spiro atoms. The van der Waals surface area contributed by atoms with Crippen LogP contribution in [-0.4, -0.2) is 44.1 Å². The summed E-state index contributed by atoms with van der Waals surface area (Å²) in [4.78, 5) is 0. The quantitative estimate of drug-likeness (QED) is 0.632. The zero-order valence-electron chi connectivity index (χ0n) is 14.3. The van der Waals surface area contributed by atoms with Crippen molar-refractivity contribution in [1.29, 1.82) is 0 Å². The molecule has 0 fully saturated rings. The van der Waals surface area contributed by atoms with Gasteiger partial charge >= 0.3 is 18.1 Å². The first-order valence-corrected chi connectivity index (χ1v) is 12.1. The van der Waals surface area contributed by atoms with Gasteiger partial charge in [-0.05, 0) is 45.5 Å². The highest BCUT2D eigenvalue weighted by Crippen LogP contribution is 2.29. The molecule has 8 heteroatoms. The largest absolute Gasteiger partial charge is 0.540 e. The third kappa shape index (κ3) is 5.03. The fourth-order valence-corrected chi connectivity index (χ4v) is 5.61. The standard InChI is InChI=1S/C15H26O6Si2/c1-5-18-23(19-6-2,20-7-3)12-16-14-8-9-15-13(10-14)11-17-22(4)21-15/h8-10,22H,5-7,11-12H2,1-4H3. The molecule has 6 nitrogen and oxygen atoms in total. The van der Waals surface area contributed by atoms with E-state index in [1.807, 2.05) is 45.5 Å². The lowest BCUT2D eigenvalue weighted by Crippen LogP contribution is -2.51. The van der Waals surface area contributed by atoms with E-state index in [0.29, 0.717) is 26.4 Å². The van der Waals surface area contributed by atoms with Crippen molar-refractivity contribution in [3.8, 4) is 11.5 Å². The normalized spacial score (nSPS) is 17.5. The average Bonchev–Trinajstić information content (AvgIpc) is 2.53. The van der Waals surface area contributed by atoms with Crippen LogP contribution >= 0.6 is 0 Å². The first-order chi connectivity index (χ1) is 11.1. The fraction of sp³-hybridized carbons (Fsp3) is 0.600. The minimum atomic E-state index is -2.80. The minimum Gasteiger partial charge on any atom is -0.522 e. The maximum absolute atomic E-state index is 5.91. The van der Waals surface area contributed by atoms with E-state index in [1.54, 1.807) is 0 Å². The molecular formula is C15H26O6Si2. The molecule has 0 aliphatic carbocycles. The molecule has 1 aliphatic rings. The van der Waals surface area contributed by atoms with E-state index in [4.69, 9.17) is 26.9 Å². The number of hydrogen-bond acceptors (Lipinski definition) is 6. The molecule has 2 rings (SSSR count). The summed E-state index contributed by atoms with van der Waals surface area (Å²) in [7, 11) is -4.32. The van der Waals surface area contributed by atoms with Crippen LogP contribution in [0.4, 0.5) is 0 Å². The van der Waals surface area contributed by atoms with Crippen LogP contribution in [-0.2, 0) is 24.3 Å². The Morgan fingerprint density at radius 3 is 2.35 bits per heavy atom. The summed E-state index contributed by atoms with van der Waals surface area (Å²) in [5.41, 5.74) is 1.00. The molecule has 1 aliphatic heterocycles. The van der Waals surface area contributed by atoms with E-state index in [9.17, 15) is 0 Å². The zero-order chi connectivity index (χ0) is 16.7. The van der Waals surface area contributed by atoms with E-state index in [-0.39, 0.29) is 6.23 Å². The van der Waals surface area contributed by atoms with E-state index in [1.165, 1.54) is 0 Å². The van der Waals surface area contributed by atoms with Gasteiger partial charge in [-0.1, -0.05) is 0 Å². The van der Waals surface area contributed by atoms with Crippen LogP contribution in [0.5, 0.6) is 11.5 Å². The molecule has 1 aromatic carbocycles. The molecule has 130 valence electrons. The van der Waals surface area contributed by atoms with Crippen molar-refractivity contribution in [1.82, 2.24) is 0 Å². The minimum absolute atomic E-state index is 0.286. The summed E-state index contributed by atoms with van der Waals surface area (Å²) in [5, 5.41) is 0. The highest BCUT2D eigenvalue weighted by molar-refractivity contribution is 6.60. The lowest BCUT2D eigenvalue weighted by Gasteiger charge is -2.28. The van der Waals surface area contributed by atoms with Gasteiger partial charge in [-0.15, -0.1) is 0 Å². The molecule has 1 heterocycles. The van der Waals surface area contributed by atoms with Crippen molar-refractivity contribution in [2.45, 2.75) is 33.9 Å². The average molecular weight is 359 g/mol. The Balaban J connectivity index is 2.05. The molecule has 0 aromatic heterocycles. The fourth-order valence-electron chi connectivity index (χ4n) is 2.37. The van der Waals surface area contributed by atoms with Crippen molar-refractivity contribution >= 4 is 18.1 Å². The summed E-state index contributed by atoms with van der Waals surface area (Å²) in [6, 6.07) is 5.77. The van der Waals surface area contributed by atoms with Gasteiger partial charge < -0.3 is 26.9 Å². The highest BCUT2D eigenvalue weighted by Gasteiger charge is 2.42. The van der Waals surface area contributed by atoms with E-state index in [0.717, 1.165) is 17.1 Å². The first kappa shape index (κ1) is 18.4. The molecule has 1 aromatic rings. The molecule has 1 unspecified atom stereocenters. The summed E-state index contributed by atoms with van der Waals surface area (Å²) in [6.07, 6.45) is 0.286. The molecule has 0 N–H and O–H groups in total. The van der Waals surface area contributed by atoms with Crippen LogP contribution in [0.1, 0.15) is 26.3 Å². The van der Waals surface area contributed by atoms with Crippen molar-refractivity contribution in [2.75, 3.05) is 26.1 Å². The highest BCUT2D eigenvalue weighted by atomic mass is 28.4. The topological polar surface area (TPSA) is 55.4 Å². The third-order valence-electron chi connectivity index (χ3n) is 3.31. The van der Waals surface area contributed by atoms with Gasteiger partial charge in [0, 0.05) is 25.4 Å². The van der Waals surface area contributed by atoms with Crippen molar-refractivity contribution in [3.05, 3.63) is 23.8 Å². The SMILES string of the molecule is CCO[Si](COc1ccc2c(c1)CO[SiH](C)O2)(OCC)OCC. The Morgan fingerprint density at radius 1 is 1.09 bits per heavy atom. The predicted molar refractivity (Wildman–Crippen MR) is 91.0 cm³/mol. The molecular weight excluding hydrogens is 332 g/mol. The van der Waals surface area contributed by atoms with Gasteiger partial charge in [-0.2, -0.15) is 0 Å². The van der Waals surface area contributed by atoms with Gasteiger partial charge in [-0.25, -0.2) is 0 Å². The number of fused-ring (bicyclic) bond motifs is 1. The smallest absolute Gasteiger partial charge is 0.522 e. The second-order valence-corrected chi connectivity index (χ2v) is 9.26. The van der Waals surface area contributed by atoms with Gasteiger partial charge in [0.2, 0.25) is 0 Å². The maximum atomic E-state index is 5.91. The van der Waals surface area contributed by atoms with Gasteiger partial charge in [0.15, 0.2) is 6.23 Å². The van der Waals surface area contributed by atoms with Crippen LogP contribution in [0, 0.1) is 0 Å². The zero-order valence-corrected chi connectivity index (χ0v) is 16.4. The van der Waals surface area contributed by atoms with Crippen molar-refractivity contribution in [3.63, 3.8) is 0 Å². The first-order valence-electron chi connectivity index (χ1n) is 8.08. The predicted octanol–water partition coefficient (Wildman–Crippen LogP) is 2.41. The number of hydrogen-bond donors (Lipinski definition) is 0. The van der Waals surface area contributed by atoms with Crippen LogP contribution in [0.25, 0.3) is 0 Å². The Hall–Kier alpha value is -0.906. The third-order valence-corrected chi connectivity index (χ3v) is 7.21. The van der Waals surface area contributed by atoms with Crippen molar-refractivity contribution in [2.24, 2.45) is 0 Å². The Morgan fingerprint density at radius 2 is 1.74 bits per heavy atom. The van der Waals surface area contributed by atoms with Gasteiger partial charge in [0.1, 0.15) is 11.5 Å². The van der Waals surface area contributed by atoms with Crippen LogP contribution in [0.15, 0.2) is 18.2 Å². The monoisotopic (exact) mass is 358 g/mol. The maximum Gasteiger partial charge on any atom is 0.540 e. The summed E-state index contributed by atoms with van der Waals surface area (Å²) in [5.74, 6) is 1.63. The van der Waals surface area contributed by atoms with Gasteiger partial charge in [-0.3, -0.25) is 0 Å². The lowest BCUT2D eigenvalue weighted by atomic mass is 10.2. The van der Waals surface area contributed by atoms with E-state index < -0.39 is 18.1 Å². The number of benzene rings is 1. The number of rotatable bonds is 9.